The third-order valence-electron chi connectivity index (χ3n) is 4.59. The Morgan fingerprint density at radius 1 is 1.30 bits per heavy atom. The predicted octanol–water partition coefficient (Wildman–Crippen LogP) is 5.01. The van der Waals surface area contributed by atoms with Gasteiger partial charge in [-0.05, 0) is 36.8 Å². The van der Waals surface area contributed by atoms with Gasteiger partial charge in [-0.2, -0.15) is 0 Å². The molecule has 27 heavy (non-hydrogen) atoms. The Morgan fingerprint density at radius 2 is 2.00 bits per heavy atom. The smallest absolute Gasteiger partial charge is 0.269 e. The standard InChI is InChI=1S/C19H24N4O2S.HI/c1-14(18-7-4-12-26-18)21-19(22-16-5-2-3-6-16)20-13-15-8-10-17(11-9-15)23(24)25;/h4,7-12,14,16H,2-3,5-6,13H2,1H3,(H2,20,21,22);1H. The number of hydrogen-bond acceptors (Lipinski definition) is 4. The highest BCUT2D eigenvalue weighted by Gasteiger charge is 2.17. The Labute approximate surface area is 180 Å². The van der Waals surface area contributed by atoms with E-state index in [9.17, 15) is 10.1 Å². The maximum atomic E-state index is 10.8. The number of nitro groups is 1. The predicted molar refractivity (Wildman–Crippen MR) is 121 cm³/mol. The molecule has 1 aliphatic rings. The van der Waals surface area contributed by atoms with E-state index in [1.54, 1.807) is 23.5 Å². The molecule has 0 radical (unpaired) electrons. The summed E-state index contributed by atoms with van der Waals surface area (Å²) in [4.78, 5) is 16.4. The summed E-state index contributed by atoms with van der Waals surface area (Å²) in [5.74, 6) is 0.802. The molecule has 0 spiro atoms. The molecule has 0 bridgehead atoms. The molecule has 2 N–H and O–H groups in total. The number of halogens is 1. The van der Waals surface area contributed by atoms with Crippen LogP contribution >= 0.6 is 35.3 Å². The van der Waals surface area contributed by atoms with Crippen LogP contribution in [0.3, 0.4) is 0 Å². The fraction of sp³-hybridized carbons (Fsp3) is 0.421. The number of nitrogens with zero attached hydrogens (tertiary/aromatic N) is 2. The van der Waals surface area contributed by atoms with Crippen LogP contribution in [0.25, 0.3) is 0 Å². The van der Waals surface area contributed by atoms with Crippen molar-refractivity contribution in [3.8, 4) is 0 Å². The lowest BCUT2D eigenvalue weighted by Crippen LogP contribution is -2.43. The van der Waals surface area contributed by atoms with Crippen molar-refractivity contribution in [1.29, 1.82) is 0 Å². The number of hydrogen-bond donors (Lipinski definition) is 2. The Hall–Kier alpha value is -1.68. The van der Waals surface area contributed by atoms with Gasteiger partial charge in [-0.25, -0.2) is 4.99 Å². The van der Waals surface area contributed by atoms with Gasteiger partial charge in [-0.15, -0.1) is 35.3 Å². The largest absolute Gasteiger partial charge is 0.354 e. The molecule has 1 heterocycles. The summed E-state index contributed by atoms with van der Waals surface area (Å²) in [5, 5.41) is 19.9. The molecule has 1 fully saturated rings. The number of non-ortho nitro benzene ring substituents is 1. The van der Waals surface area contributed by atoms with Crippen molar-refractivity contribution in [2.45, 2.75) is 51.2 Å². The van der Waals surface area contributed by atoms with Crippen LogP contribution in [0, 0.1) is 10.1 Å². The van der Waals surface area contributed by atoms with Gasteiger partial charge in [0.25, 0.3) is 5.69 Å². The van der Waals surface area contributed by atoms with Crippen LogP contribution in [0.2, 0.25) is 0 Å². The van der Waals surface area contributed by atoms with Crippen molar-refractivity contribution < 1.29 is 4.92 Å². The first-order valence-corrected chi connectivity index (χ1v) is 9.84. The normalized spacial score (nSPS) is 15.8. The SMILES string of the molecule is CC(NC(=NCc1ccc([N+](=O)[O-])cc1)NC1CCCC1)c1cccs1.I. The second kappa shape index (κ2) is 10.6. The van der Waals surface area contributed by atoms with Crippen LogP contribution in [-0.4, -0.2) is 16.9 Å². The molecular weight excluding hydrogens is 475 g/mol. The monoisotopic (exact) mass is 500 g/mol. The fourth-order valence-electron chi connectivity index (χ4n) is 3.10. The van der Waals surface area contributed by atoms with Crippen LogP contribution < -0.4 is 10.6 Å². The number of guanidine groups is 1. The Bertz CT molecular complexity index is 744. The fourth-order valence-corrected chi connectivity index (χ4v) is 3.84. The minimum atomic E-state index is -0.385. The van der Waals surface area contributed by atoms with Gasteiger partial charge in [0, 0.05) is 23.1 Å². The highest BCUT2D eigenvalue weighted by Crippen LogP contribution is 2.20. The molecule has 1 saturated carbocycles. The molecule has 0 saturated heterocycles. The van der Waals surface area contributed by atoms with E-state index >= 15 is 0 Å². The van der Waals surface area contributed by atoms with Crippen molar-refractivity contribution in [3.05, 3.63) is 62.3 Å². The second-order valence-corrected chi connectivity index (χ2v) is 7.57. The van der Waals surface area contributed by atoms with E-state index in [1.807, 2.05) is 0 Å². The van der Waals surface area contributed by atoms with Crippen molar-refractivity contribution in [2.75, 3.05) is 0 Å². The first-order chi connectivity index (χ1) is 12.6. The van der Waals surface area contributed by atoms with E-state index in [-0.39, 0.29) is 40.6 Å². The van der Waals surface area contributed by atoms with Crippen LogP contribution in [0.5, 0.6) is 0 Å². The van der Waals surface area contributed by atoms with Crippen LogP contribution in [0.1, 0.15) is 49.1 Å². The summed E-state index contributed by atoms with van der Waals surface area (Å²) in [6.45, 7) is 2.61. The van der Waals surface area contributed by atoms with E-state index in [0.29, 0.717) is 12.6 Å². The van der Waals surface area contributed by atoms with Gasteiger partial charge in [0.2, 0.25) is 0 Å². The van der Waals surface area contributed by atoms with Gasteiger partial charge in [-0.3, -0.25) is 10.1 Å². The third kappa shape index (κ3) is 6.46. The zero-order valence-electron chi connectivity index (χ0n) is 15.3. The quantitative estimate of drug-likeness (QED) is 0.192. The summed E-state index contributed by atoms with van der Waals surface area (Å²) in [5.41, 5.74) is 1.05. The molecule has 0 amide bonds. The van der Waals surface area contributed by atoms with Crippen LogP contribution in [0.15, 0.2) is 46.8 Å². The Morgan fingerprint density at radius 3 is 2.59 bits per heavy atom. The van der Waals surface area contributed by atoms with Gasteiger partial charge in [-0.1, -0.05) is 31.0 Å². The summed E-state index contributed by atoms with van der Waals surface area (Å²) < 4.78 is 0. The second-order valence-electron chi connectivity index (χ2n) is 6.60. The Kier molecular flexibility index (Phi) is 8.49. The molecule has 2 aromatic rings. The molecule has 1 unspecified atom stereocenters. The number of rotatable bonds is 6. The molecule has 8 heteroatoms. The molecule has 1 atom stereocenters. The van der Waals surface area contributed by atoms with Gasteiger partial charge in [0.15, 0.2) is 5.96 Å². The molecule has 0 aliphatic heterocycles. The zero-order chi connectivity index (χ0) is 18.4. The highest BCUT2D eigenvalue weighted by atomic mass is 127. The minimum absolute atomic E-state index is 0. The Balaban J connectivity index is 0.00000261. The molecule has 6 nitrogen and oxygen atoms in total. The number of aliphatic imine (C=N–C) groups is 1. The van der Waals surface area contributed by atoms with E-state index < -0.39 is 0 Å². The van der Waals surface area contributed by atoms with E-state index in [4.69, 9.17) is 4.99 Å². The summed E-state index contributed by atoms with van der Waals surface area (Å²) in [7, 11) is 0. The number of thiophene rings is 1. The van der Waals surface area contributed by atoms with Crippen molar-refractivity contribution in [2.24, 2.45) is 4.99 Å². The van der Waals surface area contributed by atoms with Crippen molar-refractivity contribution in [1.82, 2.24) is 10.6 Å². The summed E-state index contributed by atoms with van der Waals surface area (Å²) in [6, 6.07) is 11.4. The van der Waals surface area contributed by atoms with Gasteiger partial charge < -0.3 is 10.6 Å². The lowest BCUT2D eigenvalue weighted by Gasteiger charge is -2.21. The first kappa shape index (κ1) is 21.6. The van der Waals surface area contributed by atoms with Crippen molar-refractivity contribution in [3.63, 3.8) is 0 Å². The third-order valence-corrected chi connectivity index (χ3v) is 5.64. The van der Waals surface area contributed by atoms with Crippen LogP contribution in [0.4, 0.5) is 5.69 Å². The molecule has 1 aromatic heterocycles. The molecule has 1 aromatic carbocycles. The number of nitrogens with one attached hydrogen (secondary N) is 2. The summed E-state index contributed by atoms with van der Waals surface area (Å²) >= 11 is 1.73. The van der Waals surface area contributed by atoms with Crippen LogP contribution in [-0.2, 0) is 6.54 Å². The average Bonchev–Trinajstić information content (AvgIpc) is 3.33. The van der Waals surface area contributed by atoms with E-state index in [2.05, 4.69) is 35.1 Å². The summed E-state index contributed by atoms with van der Waals surface area (Å²) in [6.07, 6.45) is 4.86. The highest BCUT2D eigenvalue weighted by molar-refractivity contribution is 14.0. The number of benzene rings is 1. The molecular formula is C19H25IN4O2S. The molecule has 3 rings (SSSR count). The van der Waals surface area contributed by atoms with Gasteiger partial charge >= 0.3 is 0 Å². The van der Waals surface area contributed by atoms with E-state index in [0.717, 1.165) is 11.5 Å². The minimum Gasteiger partial charge on any atom is -0.354 e. The lowest BCUT2D eigenvalue weighted by molar-refractivity contribution is -0.384. The number of nitro benzene ring substituents is 1. The first-order valence-electron chi connectivity index (χ1n) is 8.96. The average molecular weight is 500 g/mol. The maximum Gasteiger partial charge on any atom is 0.269 e. The lowest BCUT2D eigenvalue weighted by atomic mass is 10.2. The maximum absolute atomic E-state index is 10.8. The molecule has 146 valence electrons. The van der Waals surface area contributed by atoms with Gasteiger partial charge in [0.1, 0.15) is 0 Å². The zero-order valence-corrected chi connectivity index (χ0v) is 18.4. The molecule has 1 aliphatic carbocycles. The van der Waals surface area contributed by atoms with E-state index in [1.165, 1.54) is 42.7 Å². The van der Waals surface area contributed by atoms with Crippen molar-refractivity contribution >= 4 is 47.0 Å². The topological polar surface area (TPSA) is 79.6 Å². The van der Waals surface area contributed by atoms with Gasteiger partial charge in [0.05, 0.1) is 17.5 Å².